The fraction of sp³-hybridized carbons (Fsp3) is 0.290. The molecule has 7 nitrogen and oxygen atoms in total. The van der Waals surface area contributed by atoms with Gasteiger partial charge in [0.25, 0.3) is 0 Å². The summed E-state index contributed by atoms with van der Waals surface area (Å²) in [7, 11) is 1.64. The van der Waals surface area contributed by atoms with Crippen LogP contribution in [-0.2, 0) is 16.1 Å². The Morgan fingerprint density at radius 2 is 1.68 bits per heavy atom. The number of methoxy groups -OCH3 is 1. The molecule has 200 valence electrons. The number of nitrogens with one attached hydrogen (secondary N) is 3. The van der Waals surface area contributed by atoms with Crippen molar-refractivity contribution in [3.8, 4) is 5.75 Å². The van der Waals surface area contributed by atoms with Crippen LogP contribution in [0.5, 0.6) is 5.75 Å². The molecule has 0 fully saturated rings. The molecule has 0 aromatic heterocycles. The zero-order chi connectivity index (χ0) is 27.3. The summed E-state index contributed by atoms with van der Waals surface area (Å²) >= 11 is 0. The molecular formula is C31H38N4O3. The quantitative estimate of drug-likeness (QED) is 0.179. The molecule has 38 heavy (non-hydrogen) atoms. The maximum absolute atomic E-state index is 13.3. The standard InChI is InChI=1S/C31H38N4O3/c1-4-8-25(5-2)34-31(37)30(33-21-23-13-18-26(38-3)19-14-23)24-16-11-22(12-17-24)15-20-29(36)35-28-10-7-6-9-27(28)32/h6-7,9-20,25,30,33H,4-5,8,21,32H2,1-3H3,(H,34,37)(H,35,36)/b20-15+. The van der Waals surface area contributed by atoms with Crippen molar-refractivity contribution in [2.24, 2.45) is 0 Å². The number of hydrogen-bond donors (Lipinski definition) is 4. The Hall–Kier alpha value is -4.10. The van der Waals surface area contributed by atoms with Gasteiger partial charge < -0.3 is 21.1 Å². The van der Waals surface area contributed by atoms with Crippen molar-refractivity contribution in [3.05, 3.63) is 95.6 Å². The van der Waals surface area contributed by atoms with Crippen LogP contribution in [-0.4, -0.2) is 25.0 Å². The third-order valence-electron chi connectivity index (χ3n) is 6.32. The van der Waals surface area contributed by atoms with Crippen LogP contribution in [0.3, 0.4) is 0 Å². The smallest absolute Gasteiger partial charge is 0.248 e. The van der Waals surface area contributed by atoms with Crippen LogP contribution >= 0.6 is 0 Å². The number of amides is 2. The molecule has 2 atom stereocenters. The Labute approximate surface area is 225 Å². The summed E-state index contributed by atoms with van der Waals surface area (Å²) in [6.07, 6.45) is 6.02. The van der Waals surface area contributed by atoms with Gasteiger partial charge in [0.2, 0.25) is 11.8 Å². The molecular weight excluding hydrogens is 476 g/mol. The molecule has 0 saturated carbocycles. The molecule has 0 bridgehead atoms. The molecule has 0 aliphatic carbocycles. The minimum atomic E-state index is -0.523. The third-order valence-corrected chi connectivity index (χ3v) is 6.32. The van der Waals surface area contributed by atoms with Crippen LogP contribution in [0.15, 0.2) is 78.9 Å². The second kappa shape index (κ2) is 14.6. The second-order valence-corrected chi connectivity index (χ2v) is 9.14. The summed E-state index contributed by atoms with van der Waals surface area (Å²) in [6, 6.07) is 22.1. The van der Waals surface area contributed by atoms with Gasteiger partial charge in [-0.3, -0.25) is 14.9 Å². The molecule has 5 N–H and O–H groups in total. The predicted molar refractivity (Wildman–Crippen MR) is 155 cm³/mol. The van der Waals surface area contributed by atoms with Crippen molar-refractivity contribution in [2.75, 3.05) is 18.2 Å². The summed E-state index contributed by atoms with van der Waals surface area (Å²) in [6.45, 7) is 4.73. The number of nitrogens with two attached hydrogens (primary N) is 1. The summed E-state index contributed by atoms with van der Waals surface area (Å²) in [4.78, 5) is 25.7. The van der Waals surface area contributed by atoms with E-state index in [1.165, 1.54) is 6.08 Å². The van der Waals surface area contributed by atoms with Crippen LogP contribution in [0.1, 0.15) is 55.8 Å². The van der Waals surface area contributed by atoms with Crippen LogP contribution in [0.4, 0.5) is 11.4 Å². The van der Waals surface area contributed by atoms with Crippen molar-refractivity contribution in [1.82, 2.24) is 10.6 Å². The van der Waals surface area contributed by atoms with Crippen molar-refractivity contribution < 1.29 is 14.3 Å². The molecule has 2 amide bonds. The van der Waals surface area contributed by atoms with E-state index in [2.05, 4.69) is 29.8 Å². The van der Waals surface area contributed by atoms with Gasteiger partial charge in [-0.1, -0.05) is 68.8 Å². The van der Waals surface area contributed by atoms with Gasteiger partial charge in [0.1, 0.15) is 11.8 Å². The summed E-state index contributed by atoms with van der Waals surface area (Å²) in [5.74, 6) is 0.465. The molecule has 0 aliphatic heterocycles. The van der Waals surface area contributed by atoms with Gasteiger partial charge in [0.05, 0.1) is 18.5 Å². The van der Waals surface area contributed by atoms with E-state index in [0.29, 0.717) is 17.9 Å². The fourth-order valence-corrected chi connectivity index (χ4v) is 4.09. The average Bonchev–Trinajstić information content (AvgIpc) is 2.94. The molecule has 7 heteroatoms. The molecule has 0 radical (unpaired) electrons. The Balaban J connectivity index is 1.71. The maximum Gasteiger partial charge on any atom is 0.248 e. The first-order valence-electron chi connectivity index (χ1n) is 13.0. The highest BCUT2D eigenvalue weighted by Gasteiger charge is 2.22. The topological polar surface area (TPSA) is 105 Å². The molecule has 0 saturated heterocycles. The second-order valence-electron chi connectivity index (χ2n) is 9.14. The molecule has 3 rings (SSSR count). The number of carbonyl (C=O) groups excluding carboxylic acids is 2. The highest BCUT2D eigenvalue weighted by atomic mass is 16.5. The number of rotatable bonds is 13. The van der Waals surface area contributed by atoms with Crippen molar-refractivity contribution >= 4 is 29.3 Å². The number of benzene rings is 3. The maximum atomic E-state index is 13.3. The fourth-order valence-electron chi connectivity index (χ4n) is 4.09. The van der Waals surface area contributed by atoms with Gasteiger partial charge in [0.15, 0.2) is 0 Å². The van der Waals surface area contributed by atoms with E-state index in [-0.39, 0.29) is 17.9 Å². The van der Waals surface area contributed by atoms with Crippen molar-refractivity contribution in [2.45, 2.75) is 51.7 Å². The molecule has 3 aromatic carbocycles. The normalized spacial score (nSPS) is 12.6. The zero-order valence-electron chi connectivity index (χ0n) is 22.4. The molecule has 0 aliphatic rings. The van der Waals surface area contributed by atoms with Crippen LogP contribution < -0.4 is 26.4 Å². The zero-order valence-corrected chi connectivity index (χ0v) is 22.4. The predicted octanol–water partition coefficient (Wildman–Crippen LogP) is 5.46. The number of nitrogen functional groups attached to an aromatic ring is 1. The first-order chi connectivity index (χ1) is 18.4. The third kappa shape index (κ3) is 8.49. The van der Waals surface area contributed by atoms with Gasteiger partial charge in [-0.15, -0.1) is 0 Å². The Morgan fingerprint density at radius 3 is 2.32 bits per heavy atom. The molecule has 2 unspecified atom stereocenters. The number of hydrogen-bond acceptors (Lipinski definition) is 5. The Bertz CT molecular complexity index is 1210. The van der Waals surface area contributed by atoms with Crippen molar-refractivity contribution in [1.29, 1.82) is 0 Å². The average molecular weight is 515 g/mol. The van der Waals surface area contributed by atoms with Crippen LogP contribution in [0, 0.1) is 0 Å². The van der Waals surface area contributed by atoms with Gasteiger partial charge in [-0.25, -0.2) is 0 Å². The lowest BCUT2D eigenvalue weighted by Gasteiger charge is -2.23. The van der Waals surface area contributed by atoms with Gasteiger partial charge in [-0.2, -0.15) is 0 Å². The Kier molecular flexibility index (Phi) is 10.9. The van der Waals surface area contributed by atoms with E-state index in [1.54, 1.807) is 25.3 Å². The van der Waals surface area contributed by atoms with E-state index in [0.717, 1.165) is 41.7 Å². The van der Waals surface area contributed by atoms with E-state index >= 15 is 0 Å². The van der Waals surface area contributed by atoms with E-state index < -0.39 is 6.04 Å². The lowest BCUT2D eigenvalue weighted by Crippen LogP contribution is -2.42. The summed E-state index contributed by atoms with van der Waals surface area (Å²) in [5, 5.41) is 9.40. The molecule has 3 aromatic rings. The number of para-hydroxylation sites is 2. The van der Waals surface area contributed by atoms with Crippen LogP contribution in [0.2, 0.25) is 0 Å². The lowest BCUT2D eigenvalue weighted by atomic mass is 10.0. The van der Waals surface area contributed by atoms with Crippen LogP contribution in [0.25, 0.3) is 6.08 Å². The molecule has 0 heterocycles. The lowest BCUT2D eigenvalue weighted by molar-refractivity contribution is -0.124. The number of anilines is 2. The minimum absolute atomic E-state index is 0.0538. The highest BCUT2D eigenvalue weighted by Crippen LogP contribution is 2.19. The summed E-state index contributed by atoms with van der Waals surface area (Å²) in [5.41, 5.74) is 9.72. The number of ether oxygens (including phenoxy) is 1. The van der Waals surface area contributed by atoms with E-state index in [9.17, 15) is 9.59 Å². The van der Waals surface area contributed by atoms with Crippen molar-refractivity contribution in [3.63, 3.8) is 0 Å². The van der Waals surface area contributed by atoms with Gasteiger partial charge in [-0.05, 0) is 59.9 Å². The highest BCUT2D eigenvalue weighted by molar-refractivity contribution is 6.03. The first kappa shape index (κ1) is 28.5. The minimum Gasteiger partial charge on any atom is -0.497 e. The largest absolute Gasteiger partial charge is 0.497 e. The Morgan fingerprint density at radius 1 is 0.974 bits per heavy atom. The summed E-state index contributed by atoms with van der Waals surface area (Å²) < 4.78 is 5.24. The van der Waals surface area contributed by atoms with E-state index in [1.807, 2.05) is 60.7 Å². The first-order valence-corrected chi connectivity index (χ1v) is 13.0. The SMILES string of the molecule is CCCC(CC)NC(=O)C(NCc1ccc(OC)cc1)c1ccc(/C=C/C(=O)Nc2ccccc2N)cc1. The van der Waals surface area contributed by atoms with Gasteiger partial charge >= 0.3 is 0 Å². The van der Waals surface area contributed by atoms with E-state index in [4.69, 9.17) is 10.5 Å². The monoisotopic (exact) mass is 514 g/mol. The molecule has 0 spiro atoms. The van der Waals surface area contributed by atoms with Gasteiger partial charge in [0, 0.05) is 18.7 Å². The number of carbonyl (C=O) groups is 2.